The van der Waals surface area contributed by atoms with Crippen LogP contribution in [0.5, 0.6) is 0 Å². The summed E-state index contributed by atoms with van der Waals surface area (Å²) in [6.45, 7) is 0. The van der Waals surface area contributed by atoms with Crippen molar-refractivity contribution < 1.29 is 4.79 Å². The highest BCUT2D eigenvalue weighted by atomic mass is 79.9. The Morgan fingerprint density at radius 1 is 1.44 bits per heavy atom. The number of alkyl halides is 1. The van der Waals surface area contributed by atoms with E-state index in [1.807, 2.05) is 6.07 Å². The van der Waals surface area contributed by atoms with Crippen molar-refractivity contribution in [3.63, 3.8) is 0 Å². The van der Waals surface area contributed by atoms with Crippen molar-refractivity contribution in [1.82, 2.24) is 5.32 Å². The fourth-order valence-electron chi connectivity index (χ4n) is 2.34. The van der Waals surface area contributed by atoms with Gasteiger partial charge in [0.05, 0.1) is 10.6 Å². The Hall–Kier alpha value is -0.250. The zero-order valence-corrected chi connectivity index (χ0v) is 12.9. The first-order valence-electron chi connectivity index (χ1n) is 5.94. The zero-order chi connectivity index (χ0) is 13.1. The first-order chi connectivity index (χ1) is 8.63. The van der Waals surface area contributed by atoms with Crippen LogP contribution in [-0.4, -0.2) is 17.8 Å². The molecule has 1 aliphatic carbocycles. The summed E-state index contributed by atoms with van der Waals surface area (Å²) in [5.41, 5.74) is 0.506. The van der Waals surface area contributed by atoms with E-state index in [1.54, 1.807) is 12.1 Å². The molecule has 1 N–H and O–H groups in total. The van der Waals surface area contributed by atoms with Crippen molar-refractivity contribution in [2.45, 2.75) is 25.3 Å². The Balaban J connectivity index is 2.10. The molecule has 2 unspecified atom stereocenters. The van der Waals surface area contributed by atoms with Crippen molar-refractivity contribution in [1.29, 1.82) is 0 Å². The van der Waals surface area contributed by atoms with Crippen LogP contribution in [0.1, 0.15) is 29.6 Å². The van der Waals surface area contributed by atoms with Gasteiger partial charge in [-0.15, -0.1) is 11.6 Å². The Bertz CT molecular complexity index is 453. The van der Waals surface area contributed by atoms with Gasteiger partial charge in [0, 0.05) is 16.4 Å². The molecule has 1 fully saturated rings. The van der Waals surface area contributed by atoms with Crippen LogP contribution in [0.25, 0.3) is 0 Å². The largest absolute Gasteiger partial charge is 0.349 e. The molecule has 1 aliphatic rings. The maximum absolute atomic E-state index is 12.2. The van der Waals surface area contributed by atoms with Gasteiger partial charge in [-0.25, -0.2) is 0 Å². The summed E-state index contributed by atoms with van der Waals surface area (Å²) >= 11 is 15.3. The van der Waals surface area contributed by atoms with E-state index in [9.17, 15) is 4.79 Å². The van der Waals surface area contributed by atoms with E-state index >= 15 is 0 Å². The lowest BCUT2D eigenvalue weighted by Crippen LogP contribution is -2.38. The number of halogens is 3. The normalized spacial score (nSPS) is 23.1. The van der Waals surface area contributed by atoms with Crippen molar-refractivity contribution in [3.05, 3.63) is 33.3 Å². The molecule has 2 atom stereocenters. The van der Waals surface area contributed by atoms with Crippen molar-refractivity contribution >= 4 is 45.0 Å². The molecule has 0 aliphatic heterocycles. The van der Waals surface area contributed by atoms with E-state index < -0.39 is 0 Å². The van der Waals surface area contributed by atoms with E-state index in [0.717, 1.165) is 23.7 Å². The molecule has 0 bridgehead atoms. The minimum absolute atomic E-state index is 0.122. The van der Waals surface area contributed by atoms with Gasteiger partial charge in [-0.2, -0.15) is 0 Å². The maximum atomic E-state index is 12.2. The summed E-state index contributed by atoms with van der Waals surface area (Å²) in [4.78, 5) is 12.2. The third-order valence-electron chi connectivity index (χ3n) is 3.37. The van der Waals surface area contributed by atoms with Crippen LogP contribution in [0.2, 0.25) is 5.02 Å². The molecule has 0 radical (unpaired) electrons. The Morgan fingerprint density at radius 2 is 2.22 bits per heavy atom. The lowest BCUT2D eigenvalue weighted by Gasteiger charge is -2.19. The van der Waals surface area contributed by atoms with Crippen molar-refractivity contribution in [2.24, 2.45) is 5.92 Å². The standard InChI is InChI=1S/C13H14BrCl2NO/c14-10-5-2-4-9(12(10)16)13(18)17-11-6-1-3-8(11)7-15/h2,4-5,8,11H,1,3,6-7H2,(H,17,18). The van der Waals surface area contributed by atoms with Gasteiger partial charge in [-0.1, -0.05) is 24.1 Å². The molecule has 1 amide bonds. The van der Waals surface area contributed by atoms with Gasteiger partial charge in [-0.3, -0.25) is 4.79 Å². The van der Waals surface area contributed by atoms with Gasteiger partial charge in [-0.05, 0) is 46.8 Å². The summed E-state index contributed by atoms with van der Waals surface area (Å²) in [7, 11) is 0. The minimum Gasteiger partial charge on any atom is -0.349 e. The first-order valence-corrected chi connectivity index (χ1v) is 7.65. The molecule has 18 heavy (non-hydrogen) atoms. The average Bonchev–Trinajstić information content (AvgIpc) is 2.79. The van der Waals surface area contributed by atoms with Crippen molar-refractivity contribution in [3.8, 4) is 0 Å². The van der Waals surface area contributed by atoms with Crippen LogP contribution < -0.4 is 5.32 Å². The molecule has 1 aromatic rings. The molecule has 1 aromatic carbocycles. The number of benzene rings is 1. The number of hydrogen-bond acceptors (Lipinski definition) is 1. The van der Waals surface area contributed by atoms with Gasteiger partial charge < -0.3 is 5.32 Å². The zero-order valence-electron chi connectivity index (χ0n) is 9.76. The molecular formula is C13H14BrCl2NO. The Kier molecular flexibility index (Phi) is 4.93. The molecule has 0 heterocycles. The number of carbonyl (C=O) groups excluding carboxylic acids is 1. The monoisotopic (exact) mass is 349 g/mol. The van der Waals surface area contributed by atoms with Gasteiger partial charge in [0.1, 0.15) is 0 Å². The van der Waals surface area contributed by atoms with Crippen LogP contribution in [0, 0.1) is 5.92 Å². The second-order valence-corrected chi connectivity index (χ2v) is 6.07. The Labute approximate surface area is 125 Å². The molecule has 0 saturated heterocycles. The van der Waals surface area contributed by atoms with Crippen LogP contribution in [-0.2, 0) is 0 Å². The summed E-state index contributed by atoms with van der Waals surface area (Å²) in [5.74, 6) is 0.849. The van der Waals surface area contributed by atoms with Gasteiger partial charge in [0.15, 0.2) is 0 Å². The summed E-state index contributed by atoms with van der Waals surface area (Å²) in [5, 5.41) is 3.49. The predicted octanol–water partition coefficient (Wildman–Crippen LogP) is 4.24. The molecule has 1 saturated carbocycles. The smallest absolute Gasteiger partial charge is 0.253 e. The fraction of sp³-hybridized carbons (Fsp3) is 0.462. The molecule has 2 nitrogen and oxygen atoms in total. The maximum Gasteiger partial charge on any atom is 0.253 e. The summed E-state index contributed by atoms with van der Waals surface area (Å²) in [6.07, 6.45) is 3.20. The van der Waals surface area contributed by atoms with Crippen LogP contribution in [0.15, 0.2) is 22.7 Å². The molecule has 0 spiro atoms. The second kappa shape index (κ2) is 6.27. The highest BCUT2D eigenvalue weighted by molar-refractivity contribution is 9.10. The van der Waals surface area contributed by atoms with Crippen LogP contribution >= 0.6 is 39.1 Å². The van der Waals surface area contributed by atoms with E-state index in [0.29, 0.717) is 22.4 Å². The first kappa shape index (κ1) is 14.2. The van der Waals surface area contributed by atoms with Crippen molar-refractivity contribution in [2.75, 3.05) is 5.88 Å². The van der Waals surface area contributed by atoms with E-state index in [2.05, 4.69) is 21.2 Å². The Morgan fingerprint density at radius 3 is 2.94 bits per heavy atom. The lowest BCUT2D eigenvalue weighted by molar-refractivity contribution is 0.0930. The number of rotatable bonds is 3. The topological polar surface area (TPSA) is 29.1 Å². The average molecular weight is 351 g/mol. The van der Waals surface area contributed by atoms with Crippen LogP contribution in [0.3, 0.4) is 0 Å². The van der Waals surface area contributed by atoms with Crippen LogP contribution in [0.4, 0.5) is 0 Å². The third kappa shape index (κ3) is 3.01. The van der Waals surface area contributed by atoms with E-state index in [4.69, 9.17) is 23.2 Å². The summed E-state index contributed by atoms with van der Waals surface area (Å²) in [6, 6.07) is 5.52. The molecule has 5 heteroatoms. The summed E-state index contributed by atoms with van der Waals surface area (Å²) < 4.78 is 0.733. The highest BCUT2D eigenvalue weighted by Gasteiger charge is 2.28. The third-order valence-corrected chi connectivity index (χ3v) is 5.06. The molecule has 2 rings (SSSR count). The quantitative estimate of drug-likeness (QED) is 0.811. The molecule has 0 aromatic heterocycles. The number of hydrogen-bond donors (Lipinski definition) is 1. The van der Waals surface area contributed by atoms with Gasteiger partial charge in [0.2, 0.25) is 0 Å². The molecular weight excluding hydrogens is 337 g/mol. The lowest BCUT2D eigenvalue weighted by atomic mass is 10.1. The molecule has 98 valence electrons. The highest BCUT2D eigenvalue weighted by Crippen LogP contribution is 2.29. The predicted molar refractivity (Wildman–Crippen MR) is 78.5 cm³/mol. The number of carbonyl (C=O) groups is 1. The number of amides is 1. The fourth-order valence-corrected chi connectivity index (χ4v) is 3.28. The van der Waals surface area contributed by atoms with E-state index in [-0.39, 0.29) is 11.9 Å². The van der Waals surface area contributed by atoms with Gasteiger partial charge >= 0.3 is 0 Å². The second-order valence-electron chi connectivity index (χ2n) is 4.53. The number of nitrogens with one attached hydrogen (secondary N) is 1. The van der Waals surface area contributed by atoms with Gasteiger partial charge in [0.25, 0.3) is 5.91 Å². The minimum atomic E-state index is -0.122. The SMILES string of the molecule is O=C(NC1CCCC1CCl)c1cccc(Br)c1Cl. The van der Waals surface area contributed by atoms with E-state index in [1.165, 1.54) is 0 Å².